The van der Waals surface area contributed by atoms with Gasteiger partial charge in [-0.3, -0.25) is 9.48 Å². The summed E-state index contributed by atoms with van der Waals surface area (Å²) in [5, 5.41) is 6.80. The number of aryl methyl sites for hydroxylation is 1. The predicted octanol–water partition coefficient (Wildman–Crippen LogP) is 0.948. The summed E-state index contributed by atoms with van der Waals surface area (Å²) in [5.74, 6) is -0.0608. The van der Waals surface area contributed by atoms with Crippen LogP contribution in [0.5, 0.6) is 0 Å². The first-order valence-corrected chi connectivity index (χ1v) is 4.44. The molecule has 0 bridgehead atoms. The summed E-state index contributed by atoms with van der Waals surface area (Å²) in [6.07, 6.45) is 2.55. The number of hydrogen-bond acceptors (Lipinski definition) is 2. The van der Waals surface area contributed by atoms with E-state index in [2.05, 4.69) is 10.4 Å². The second-order valence-electron chi connectivity index (χ2n) is 3.12. The second-order valence-corrected chi connectivity index (χ2v) is 3.12. The van der Waals surface area contributed by atoms with Crippen molar-refractivity contribution in [3.05, 3.63) is 18.0 Å². The fourth-order valence-electron chi connectivity index (χ4n) is 0.996. The molecule has 4 heteroatoms. The molecule has 4 nitrogen and oxygen atoms in total. The lowest BCUT2D eigenvalue weighted by molar-refractivity contribution is 0.0930. The van der Waals surface area contributed by atoms with Crippen LogP contribution in [0.1, 0.15) is 30.8 Å². The molecule has 0 unspecified atom stereocenters. The lowest BCUT2D eigenvalue weighted by Crippen LogP contribution is -2.33. The van der Waals surface area contributed by atoms with Crippen molar-refractivity contribution in [2.24, 2.45) is 7.05 Å². The molecule has 0 aliphatic carbocycles. The molecule has 0 aromatic carbocycles. The second kappa shape index (κ2) is 4.07. The highest BCUT2D eigenvalue weighted by molar-refractivity contribution is 5.92. The van der Waals surface area contributed by atoms with E-state index in [0.29, 0.717) is 5.69 Å². The van der Waals surface area contributed by atoms with Gasteiger partial charge in [-0.15, -0.1) is 0 Å². The van der Waals surface area contributed by atoms with Crippen LogP contribution in [0.2, 0.25) is 0 Å². The quantitative estimate of drug-likeness (QED) is 0.754. The topological polar surface area (TPSA) is 46.9 Å². The van der Waals surface area contributed by atoms with Gasteiger partial charge in [0.15, 0.2) is 0 Å². The van der Waals surface area contributed by atoms with E-state index in [1.165, 1.54) is 0 Å². The number of nitrogens with one attached hydrogen (secondary N) is 1. The SMILES string of the molecule is CC[C@@H](C)NC(=O)c1ccnn1C. The van der Waals surface area contributed by atoms with Gasteiger partial charge < -0.3 is 5.32 Å². The zero-order chi connectivity index (χ0) is 9.84. The van der Waals surface area contributed by atoms with Crippen LogP contribution in [0.25, 0.3) is 0 Å². The normalized spacial score (nSPS) is 12.5. The minimum Gasteiger partial charge on any atom is -0.348 e. The lowest BCUT2D eigenvalue weighted by atomic mass is 10.2. The van der Waals surface area contributed by atoms with Crippen LogP contribution in [0.3, 0.4) is 0 Å². The maximum atomic E-state index is 11.5. The Balaban J connectivity index is 2.64. The summed E-state index contributed by atoms with van der Waals surface area (Å²) in [7, 11) is 1.76. The van der Waals surface area contributed by atoms with Gasteiger partial charge in [-0.25, -0.2) is 0 Å². The molecule has 72 valence electrons. The van der Waals surface area contributed by atoms with E-state index in [0.717, 1.165) is 6.42 Å². The molecule has 0 aliphatic heterocycles. The minimum absolute atomic E-state index is 0.0608. The monoisotopic (exact) mass is 181 g/mol. The standard InChI is InChI=1S/C9H15N3O/c1-4-7(2)11-9(13)8-5-6-10-12(8)3/h5-7H,4H2,1-3H3,(H,11,13)/t7-/m1/s1. The van der Waals surface area contributed by atoms with E-state index in [1.807, 2.05) is 13.8 Å². The smallest absolute Gasteiger partial charge is 0.269 e. The van der Waals surface area contributed by atoms with Crippen molar-refractivity contribution in [1.82, 2.24) is 15.1 Å². The average molecular weight is 181 g/mol. The summed E-state index contributed by atoms with van der Waals surface area (Å²) in [4.78, 5) is 11.5. The van der Waals surface area contributed by atoms with Gasteiger partial charge in [-0.05, 0) is 19.4 Å². The highest BCUT2D eigenvalue weighted by Crippen LogP contribution is 1.97. The van der Waals surface area contributed by atoms with Gasteiger partial charge in [0.25, 0.3) is 5.91 Å². The molecule has 1 rings (SSSR count). The molecular weight excluding hydrogens is 166 g/mol. The summed E-state index contributed by atoms with van der Waals surface area (Å²) in [6, 6.07) is 1.92. The Morgan fingerprint density at radius 2 is 2.46 bits per heavy atom. The van der Waals surface area contributed by atoms with Gasteiger partial charge in [-0.1, -0.05) is 6.92 Å². The predicted molar refractivity (Wildman–Crippen MR) is 50.4 cm³/mol. The van der Waals surface area contributed by atoms with Crippen molar-refractivity contribution in [2.75, 3.05) is 0 Å². The van der Waals surface area contributed by atoms with Crippen LogP contribution < -0.4 is 5.32 Å². The lowest BCUT2D eigenvalue weighted by Gasteiger charge is -2.10. The van der Waals surface area contributed by atoms with Crippen molar-refractivity contribution in [2.45, 2.75) is 26.3 Å². The maximum Gasteiger partial charge on any atom is 0.269 e. The van der Waals surface area contributed by atoms with Crippen LogP contribution in [0.15, 0.2) is 12.3 Å². The number of carbonyl (C=O) groups excluding carboxylic acids is 1. The van der Waals surface area contributed by atoms with Gasteiger partial charge in [0.05, 0.1) is 0 Å². The molecule has 1 N–H and O–H groups in total. The Kier molecular flexibility index (Phi) is 3.06. The van der Waals surface area contributed by atoms with Crippen LogP contribution in [-0.4, -0.2) is 21.7 Å². The maximum absolute atomic E-state index is 11.5. The van der Waals surface area contributed by atoms with E-state index >= 15 is 0 Å². The Morgan fingerprint density at radius 1 is 1.77 bits per heavy atom. The molecule has 13 heavy (non-hydrogen) atoms. The van der Waals surface area contributed by atoms with Gasteiger partial charge in [0, 0.05) is 19.3 Å². The molecule has 1 aromatic heterocycles. The largest absolute Gasteiger partial charge is 0.348 e. The van der Waals surface area contributed by atoms with Crippen molar-refractivity contribution >= 4 is 5.91 Å². The van der Waals surface area contributed by atoms with Crippen molar-refractivity contribution in [1.29, 1.82) is 0 Å². The first-order chi connectivity index (χ1) is 6.15. The molecular formula is C9H15N3O. The highest BCUT2D eigenvalue weighted by atomic mass is 16.2. The number of rotatable bonds is 3. The minimum atomic E-state index is -0.0608. The first kappa shape index (κ1) is 9.77. The number of nitrogens with zero attached hydrogens (tertiary/aromatic N) is 2. The third-order valence-electron chi connectivity index (χ3n) is 2.04. The molecule has 0 spiro atoms. The van der Waals surface area contributed by atoms with Crippen molar-refractivity contribution < 1.29 is 4.79 Å². The molecule has 1 aromatic rings. The summed E-state index contributed by atoms with van der Waals surface area (Å²) < 4.78 is 1.57. The number of carbonyl (C=O) groups is 1. The molecule has 0 saturated carbocycles. The van der Waals surface area contributed by atoms with Crippen LogP contribution in [0, 0.1) is 0 Å². The molecule has 0 fully saturated rings. The third-order valence-corrected chi connectivity index (χ3v) is 2.04. The van der Waals surface area contributed by atoms with Crippen molar-refractivity contribution in [3.8, 4) is 0 Å². The van der Waals surface area contributed by atoms with Crippen LogP contribution in [0.4, 0.5) is 0 Å². The first-order valence-electron chi connectivity index (χ1n) is 4.44. The fourth-order valence-corrected chi connectivity index (χ4v) is 0.996. The van der Waals surface area contributed by atoms with Crippen LogP contribution in [-0.2, 0) is 7.05 Å². The Bertz CT molecular complexity index is 293. The summed E-state index contributed by atoms with van der Waals surface area (Å²) in [5.41, 5.74) is 0.598. The third kappa shape index (κ3) is 2.31. The Labute approximate surface area is 77.9 Å². The number of aromatic nitrogens is 2. The highest BCUT2D eigenvalue weighted by Gasteiger charge is 2.10. The molecule has 1 amide bonds. The fraction of sp³-hybridized carbons (Fsp3) is 0.556. The summed E-state index contributed by atoms with van der Waals surface area (Å²) in [6.45, 7) is 4.02. The van der Waals surface area contributed by atoms with E-state index in [9.17, 15) is 4.79 Å². The van der Waals surface area contributed by atoms with E-state index in [4.69, 9.17) is 0 Å². The summed E-state index contributed by atoms with van der Waals surface area (Å²) >= 11 is 0. The zero-order valence-corrected chi connectivity index (χ0v) is 8.24. The molecule has 0 aliphatic rings. The van der Waals surface area contributed by atoms with Crippen molar-refractivity contribution in [3.63, 3.8) is 0 Å². The van der Waals surface area contributed by atoms with Gasteiger partial charge in [0.2, 0.25) is 0 Å². The van der Waals surface area contributed by atoms with E-state index in [-0.39, 0.29) is 11.9 Å². The van der Waals surface area contributed by atoms with Gasteiger partial charge >= 0.3 is 0 Å². The molecule has 1 heterocycles. The zero-order valence-electron chi connectivity index (χ0n) is 8.24. The van der Waals surface area contributed by atoms with Gasteiger partial charge in [-0.2, -0.15) is 5.10 Å². The molecule has 1 atom stereocenters. The number of amides is 1. The van der Waals surface area contributed by atoms with Crippen LogP contribution >= 0.6 is 0 Å². The van der Waals surface area contributed by atoms with E-state index < -0.39 is 0 Å². The Hall–Kier alpha value is -1.32. The Morgan fingerprint density at radius 3 is 2.92 bits per heavy atom. The number of hydrogen-bond donors (Lipinski definition) is 1. The van der Waals surface area contributed by atoms with Gasteiger partial charge in [0.1, 0.15) is 5.69 Å². The van der Waals surface area contributed by atoms with E-state index in [1.54, 1.807) is 24.0 Å². The molecule has 0 saturated heterocycles. The molecule has 0 radical (unpaired) electrons. The average Bonchev–Trinajstić information content (AvgIpc) is 2.51.